The first kappa shape index (κ1) is 47.6. The van der Waals surface area contributed by atoms with Crippen LogP contribution >= 0.6 is 0 Å². The predicted molar refractivity (Wildman–Crippen MR) is 191 cm³/mol. The van der Waals surface area contributed by atoms with E-state index in [9.17, 15) is 52.7 Å². The molecular weight excluding hydrogens is 825 g/mol. The molecule has 0 aliphatic heterocycles. The molecule has 57 heavy (non-hydrogen) atoms. The van der Waals surface area contributed by atoms with Crippen LogP contribution in [0.5, 0.6) is 0 Å². The van der Waals surface area contributed by atoms with Crippen LogP contribution < -0.4 is 5.19 Å². The molecule has 4 rings (SSSR count). The van der Waals surface area contributed by atoms with Crippen molar-refractivity contribution < 1.29 is 79.9 Å². The molecule has 0 aromatic heterocycles. The molecule has 0 radical (unpaired) electrons. The van der Waals surface area contributed by atoms with E-state index in [1.807, 2.05) is 0 Å². The van der Waals surface area contributed by atoms with E-state index < -0.39 is 72.7 Å². The van der Waals surface area contributed by atoms with Crippen LogP contribution in [0.4, 0.5) is 52.7 Å². The molecule has 0 bridgehead atoms. The molecule has 0 spiro atoms. The zero-order chi connectivity index (χ0) is 42.6. The highest BCUT2D eigenvalue weighted by atomic mass is 28.3. The van der Waals surface area contributed by atoms with Crippen LogP contribution in [-0.2, 0) is 58.3 Å². The second-order valence-electron chi connectivity index (χ2n) is 11.9. The fourth-order valence-corrected chi connectivity index (χ4v) is 6.71. The molecule has 0 N–H and O–H groups in total. The lowest BCUT2D eigenvalue weighted by atomic mass is 9.98. The minimum Gasteiger partial charge on any atom is -0.379 e. The summed E-state index contributed by atoms with van der Waals surface area (Å²) in [4.78, 5) is 0. The fraction of sp³-hybridized carbons (Fsp3) is 0.351. The van der Waals surface area contributed by atoms with E-state index in [-0.39, 0.29) is 34.4 Å². The van der Waals surface area contributed by atoms with Gasteiger partial charge in [-0.25, -0.2) is 0 Å². The van der Waals surface area contributed by atoms with Gasteiger partial charge in [0.2, 0.25) is 0 Å². The number of ether oxygens (including phenoxy) is 2. The maximum absolute atomic E-state index is 13.0. The molecule has 0 heterocycles. The monoisotopic (exact) mass is 862 g/mol. The molecule has 314 valence electrons. The van der Waals surface area contributed by atoms with E-state index in [1.165, 1.54) is 38.5 Å². The highest BCUT2D eigenvalue weighted by Gasteiger charge is 2.38. The topological polar surface area (TPSA) is 55.4 Å². The number of hydrogen-bond donors (Lipinski definition) is 0. The smallest absolute Gasteiger partial charge is 0.379 e. The Morgan fingerprint density at radius 1 is 0.526 bits per heavy atom. The lowest BCUT2D eigenvalue weighted by molar-refractivity contribution is -0.242. The molecule has 6 nitrogen and oxygen atoms in total. The van der Waals surface area contributed by atoms with Crippen molar-refractivity contribution in [2.45, 2.75) is 51.4 Å². The quantitative estimate of drug-likeness (QED) is 0.0675. The molecule has 0 unspecified atom stereocenters. The molecule has 20 heteroatoms. The Balaban J connectivity index is 0.000000306. The van der Waals surface area contributed by atoms with Crippen LogP contribution in [0.25, 0.3) is 22.3 Å². The lowest BCUT2D eigenvalue weighted by Crippen LogP contribution is -2.28. The molecule has 0 aliphatic rings. The van der Waals surface area contributed by atoms with Gasteiger partial charge in [-0.05, 0) is 89.7 Å². The van der Waals surface area contributed by atoms with Gasteiger partial charge in [-0.15, -0.1) is 0 Å². The van der Waals surface area contributed by atoms with Crippen molar-refractivity contribution in [1.29, 1.82) is 0 Å². The van der Waals surface area contributed by atoms with Crippen molar-refractivity contribution in [3.05, 3.63) is 113 Å². The van der Waals surface area contributed by atoms with Crippen molar-refractivity contribution in [3.63, 3.8) is 0 Å². The zero-order valence-electron chi connectivity index (χ0n) is 30.8. The molecule has 0 fully saturated rings. The summed E-state index contributed by atoms with van der Waals surface area (Å²) in [7, 11) is -0.472. The third-order valence-corrected chi connectivity index (χ3v) is 10.3. The summed E-state index contributed by atoms with van der Waals surface area (Å²) in [6, 6.07) is 15.4. The number of alkyl halides is 12. The van der Waals surface area contributed by atoms with E-state index in [4.69, 9.17) is 27.2 Å². The van der Waals surface area contributed by atoms with Crippen LogP contribution in [0.1, 0.15) is 41.7 Å². The summed E-state index contributed by atoms with van der Waals surface area (Å²) in [6.45, 7) is 3.89. The Labute approximate surface area is 324 Å². The van der Waals surface area contributed by atoms with Gasteiger partial charge in [0.05, 0.1) is 22.3 Å². The summed E-state index contributed by atoms with van der Waals surface area (Å²) in [6.07, 6.45) is -19.0. The molecule has 0 saturated carbocycles. The Bertz CT molecular complexity index is 1760. The molecule has 0 saturated heterocycles. The van der Waals surface area contributed by atoms with Gasteiger partial charge in [-0.2, -0.15) is 52.7 Å². The second-order valence-corrected chi connectivity index (χ2v) is 15.2. The average molecular weight is 863 g/mol. The highest BCUT2D eigenvalue weighted by molar-refractivity contribution is 6.46. The Morgan fingerprint density at radius 3 is 1.23 bits per heavy atom. The normalized spacial score (nSPS) is 12.8. The van der Waals surface area contributed by atoms with Gasteiger partial charge in [0.15, 0.2) is 9.76 Å². The van der Waals surface area contributed by atoms with E-state index in [2.05, 4.69) is 0 Å². The third-order valence-electron chi connectivity index (χ3n) is 7.77. The van der Waals surface area contributed by atoms with E-state index in [0.717, 1.165) is 10.8 Å². The molecule has 0 atom stereocenters. The first-order chi connectivity index (χ1) is 26.6. The van der Waals surface area contributed by atoms with Crippen molar-refractivity contribution in [1.82, 2.24) is 0 Å². The van der Waals surface area contributed by atoms with Crippen LogP contribution in [-0.4, -0.2) is 59.8 Å². The number of rotatable bonds is 15. The number of halogens is 12. The maximum Gasteiger partial charge on any atom is 0.483 e. The van der Waals surface area contributed by atoms with Gasteiger partial charge < -0.3 is 27.2 Å². The van der Waals surface area contributed by atoms with Crippen molar-refractivity contribution in [2.24, 2.45) is 0 Å². The minimum atomic E-state index is -4.88. The Morgan fingerprint density at radius 2 is 0.895 bits per heavy atom. The summed E-state index contributed by atoms with van der Waals surface area (Å²) < 4.78 is 187. The van der Waals surface area contributed by atoms with Crippen molar-refractivity contribution in [2.75, 3.05) is 34.0 Å². The second kappa shape index (κ2) is 20.8. The summed E-state index contributed by atoms with van der Waals surface area (Å²) in [5.41, 5.74) is -4.39. The van der Waals surface area contributed by atoms with E-state index in [0.29, 0.717) is 50.5 Å². The summed E-state index contributed by atoms with van der Waals surface area (Å²) >= 11 is 0. The van der Waals surface area contributed by atoms with Crippen LogP contribution in [0.3, 0.4) is 0 Å². The average Bonchev–Trinajstić information content (AvgIpc) is 3.15. The minimum absolute atomic E-state index is 0.111. The highest BCUT2D eigenvalue weighted by Crippen LogP contribution is 2.40. The van der Waals surface area contributed by atoms with Gasteiger partial charge in [-0.1, -0.05) is 48.5 Å². The number of benzene rings is 4. The Hall–Kier alpha value is -3.77. The van der Waals surface area contributed by atoms with Gasteiger partial charge in [0.25, 0.3) is 6.48 Å². The van der Waals surface area contributed by atoms with Gasteiger partial charge in [0, 0.05) is 34.0 Å². The number of hydrogen-bond acceptors (Lipinski definition) is 6. The van der Waals surface area contributed by atoms with Gasteiger partial charge in [0.1, 0.15) is 0 Å². The maximum atomic E-state index is 13.0. The largest absolute Gasteiger partial charge is 0.483 e. The van der Waals surface area contributed by atoms with Crippen molar-refractivity contribution in [3.8, 4) is 22.3 Å². The zero-order valence-corrected chi connectivity index (χ0v) is 33.3. The summed E-state index contributed by atoms with van der Waals surface area (Å²) in [5, 5.41) is 0.793. The van der Waals surface area contributed by atoms with Crippen LogP contribution in [0.2, 0.25) is 0 Å². The van der Waals surface area contributed by atoms with Crippen LogP contribution in [0, 0.1) is 0 Å². The predicted octanol–water partition coefficient (Wildman–Crippen LogP) is 9.43. The molecular formula is C37H38F12O6Si2. The van der Waals surface area contributed by atoms with E-state index in [1.54, 1.807) is 38.1 Å². The van der Waals surface area contributed by atoms with E-state index >= 15 is 0 Å². The first-order valence-electron chi connectivity index (χ1n) is 16.9. The molecule has 4 aromatic rings. The molecule has 0 amide bonds. The first-order valence-corrected chi connectivity index (χ1v) is 19.6. The molecule has 4 aromatic carbocycles. The standard InChI is InChI=1S/C19H20F6O3Si.C18H18F6O3Si/c1-3-26-17(27-4-2)28-29-16-7-5-12(6-8-16)13-9-14(18(20,21)22)11-15(10-13)19(23,24)25;1-25-28(26-2)27-8-7-12-3-5-13(6-4-12)14-9-15(17(19,20)21)11-16(10-14)18(22,23)24/h5-11,17H,3-4,29H2,1-2H3;3-6,9-11,28H,7-8H2,1-2H3. The Kier molecular flexibility index (Phi) is 17.4. The van der Waals surface area contributed by atoms with Gasteiger partial charge in [-0.3, -0.25) is 0 Å². The van der Waals surface area contributed by atoms with Crippen LogP contribution in [0.15, 0.2) is 84.9 Å². The SMILES string of the molecule is CCOC(OCC)O[SiH2]c1ccc(-c2cc(C(F)(F)F)cc(C(F)(F)F)c2)cc1.CO[SiH](OC)OCCc1ccc(-c2cc(C(F)(F)F)cc(C(F)(F)F)c2)cc1. The van der Waals surface area contributed by atoms with Crippen molar-refractivity contribution >= 4 is 24.5 Å². The fourth-order valence-electron chi connectivity index (χ4n) is 4.99. The summed E-state index contributed by atoms with van der Waals surface area (Å²) in [5.74, 6) is 0. The third kappa shape index (κ3) is 15.2. The van der Waals surface area contributed by atoms with Gasteiger partial charge >= 0.3 is 34.2 Å². The molecule has 0 aliphatic carbocycles. The lowest BCUT2D eigenvalue weighted by Gasteiger charge is -2.17.